The number of hydrogen-bond donors (Lipinski definition) is 1. The van der Waals surface area contributed by atoms with Crippen LogP contribution in [0.15, 0.2) is 72.0 Å². The number of para-hydroxylation sites is 1. The Balaban J connectivity index is 1.50. The summed E-state index contributed by atoms with van der Waals surface area (Å²) in [6, 6.07) is 17.5. The van der Waals surface area contributed by atoms with Gasteiger partial charge in [0.1, 0.15) is 11.5 Å². The number of nitrogens with zero attached hydrogens (tertiary/aromatic N) is 2. The van der Waals surface area contributed by atoms with E-state index in [0.717, 1.165) is 35.1 Å². The van der Waals surface area contributed by atoms with Crippen molar-refractivity contribution in [2.45, 2.75) is 37.0 Å². The van der Waals surface area contributed by atoms with Crippen molar-refractivity contribution in [2.24, 2.45) is 0 Å². The second-order valence-electron chi connectivity index (χ2n) is 6.36. The lowest BCUT2D eigenvalue weighted by Gasteiger charge is -2.13. The van der Waals surface area contributed by atoms with E-state index in [9.17, 15) is 4.79 Å². The molecule has 1 atom stereocenters. The van der Waals surface area contributed by atoms with Gasteiger partial charge in [0.15, 0.2) is 0 Å². The summed E-state index contributed by atoms with van der Waals surface area (Å²) in [5.74, 6) is 1.58. The van der Waals surface area contributed by atoms with E-state index in [1.165, 1.54) is 11.8 Å². The summed E-state index contributed by atoms with van der Waals surface area (Å²) in [5, 5.41) is 2.82. The zero-order valence-corrected chi connectivity index (χ0v) is 17.0. The fraction of sp³-hybridized carbons (Fsp3) is 0.273. The number of imidazole rings is 1. The van der Waals surface area contributed by atoms with Gasteiger partial charge < -0.3 is 14.6 Å². The number of aromatic nitrogens is 2. The molecule has 3 rings (SSSR count). The van der Waals surface area contributed by atoms with Crippen LogP contribution in [0.1, 0.15) is 19.5 Å². The first-order valence-corrected chi connectivity index (χ1v) is 10.3. The molecule has 5 nitrogen and oxygen atoms in total. The number of hydrogen-bond acceptors (Lipinski definition) is 4. The minimum absolute atomic E-state index is 0.0296. The number of benzene rings is 2. The Morgan fingerprint density at radius 1 is 1.18 bits per heavy atom. The van der Waals surface area contributed by atoms with Gasteiger partial charge in [-0.25, -0.2) is 4.98 Å². The molecule has 2 aromatic carbocycles. The highest BCUT2D eigenvalue weighted by atomic mass is 32.2. The van der Waals surface area contributed by atoms with Gasteiger partial charge in [0.2, 0.25) is 5.91 Å². The highest BCUT2D eigenvalue weighted by molar-refractivity contribution is 8.00. The van der Waals surface area contributed by atoms with Gasteiger partial charge in [0.05, 0.1) is 11.6 Å². The zero-order chi connectivity index (χ0) is 19.8. The van der Waals surface area contributed by atoms with Crippen LogP contribution in [0.3, 0.4) is 0 Å². The zero-order valence-electron chi connectivity index (χ0n) is 16.2. The SMILES string of the molecule is CCn1cncc1CCNC(=O)C(C)Sc1cccc(Oc2ccccc2)c1. The van der Waals surface area contributed by atoms with Crippen molar-refractivity contribution < 1.29 is 9.53 Å². The molecule has 0 fully saturated rings. The molecule has 28 heavy (non-hydrogen) atoms. The first-order chi connectivity index (χ1) is 13.7. The van der Waals surface area contributed by atoms with Crippen molar-refractivity contribution in [1.82, 2.24) is 14.9 Å². The second-order valence-corrected chi connectivity index (χ2v) is 7.78. The van der Waals surface area contributed by atoms with E-state index in [1.54, 1.807) is 0 Å². The van der Waals surface area contributed by atoms with Crippen molar-refractivity contribution in [1.29, 1.82) is 0 Å². The van der Waals surface area contributed by atoms with E-state index in [0.29, 0.717) is 6.54 Å². The average molecular weight is 396 g/mol. The number of thioether (sulfide) groups is 1. The number of carbonyl (C=O) groups excluding carboxylic acids is 1. The van der Waals surface area contributed by atoms with E-state index in [1.807, 2.05) is 74.0 Å². The molecule has 1 aromatic heterocycles. The molecule has 1 amide bonds. The number of rotatable bonds is 9. The van der Waals surface area contributed by atoms with Gasteiger partial charge in [-0.15, -0.1) is 11.8 Å². The molecule has 6 heteroatoms. The Bertz CT molecular complexity index is 896. The maximum absolute atomic E-state index is 12.4. The van der Waals surface area contributed by atoms with Crippen LogP contribution in [0, 0.1) is 0 Å². The van der Waals surface area contributed by atoms with Gasteiger partial charge in [-0.05, 0) is 44.2 Å². The summed E-state index contributed by atoms with van der Waals surface area (Å²) in [6.45, 7) is 5.49. The summed E-state index contributed by atoms with van der Waals surface area (Å²) in [6.07, 6.45) is 4.45. The van der Waals surface area contributed by atoms with Gasteiger partial charge in [0.25, 0.3) is 0 Å². The fourth-order valence-corrected chi connectivity index (χ4v) is 3.73. The van der Waals surface area contributed by atoms with E-state index >= 15 is 0 Å². The Morgan fingerprint density at radius 2 is 1.96 bits per heavy atom. The first-order valence-electron chi connectivity index (χ1n) is 9.42. The second kappa shape index (κ2) is 9.99. The number of aryl methyl sites for hydroxylation is 1. The van der Waals surface area contributed by atoms with E-state index < -0.39 is 0 Å². The maximum atomic E-state index is 12.4. The molecule has 3 aromatic rings. The third-order valence-corrected chi connectivity index (χ3v) is 5.38. The fourth-order valence-electron chi connectivity index (χ4n) is 2.79. The minimum Gasteiger partial charge on any atom is -0.457 e. The highest BCUT2D eigenvalue weighted by Gasteiger charge is 2.14. The third kappa shape index (κ3) is 5.63. The molecular weight excluding hydrogens is 370 g/mol. The van der Waals surface area contributed by atoms with E-state index in [2.05, 4.69) is 21.8 Å². The average Bonchev–Trinajstić information content (AvgIpc) is 3.16. The summed E-state index contributed by atoms with van der Waals surface area (Å²) in [5.41, 5.74) is 1.13. The van der Waals surface area contributed by atoms with Crippen LogP contribution >= 0.6 is 11.8 Å². The Hall–Kier alpha value is -2.73. The largest absolute Gasteiger partial charge is 0.457 e. The van der Waals surface area contributed by atoms with Crippen molar-refractivity contribution in [3.63, 3.8) is 0 Å². The molecule has 0 spiro atoms. The predicted molar refractivity (Wildman–Crippen MR) is 113 cm³/mol. The monoisotopic (exact) mass is 395 g/mol. The molecule has 1 unspecified atom stereocenters. The lowest BCUT2D eigenvalue weighted by atomic mass is 10.3. The molecule has 0 saturated carbocycles. The summed E-state index contributed by atoms with van der Waals surface area (Å²) in [7, 11) is 0. The van der Waals surface area contributed by atoms with E-state index in [-0.39, 0.29) is 11.2 Å². The molecule has 0 saturated heterocycles. The minimum atomic E-state index is -0.192. The molecule has 0 aliphatic heterocycles. The summed E-state index contributed by atoms with van der Waals surface area (Å²) < 4.78 is 7.95. The number of nitrogens with one attached hydrogen (secondary N) is 1. The van der Waals surface area contributed by atoms with Crippen LogP contribution in [0.5, 0.6) is 11.5 Å². The summed E-state index contributed by atoms with van der Waals surface area (Å²) in [4.78, 5) is 17.6. The third-order valence-electron chi connectivity index (χ3n) is 4.29. The van der Waals surface area contributed by atoms with Crippen LogP contribution in [-0.2, 0) is 17.8 Å². The lowest BCUT2D eigenvalue weighted by molar-refractivity contribution is -0.120. The number of ether oxygens (including phenoxy) is 1. The molecular formula is C22H25N3O2S. The quantitative estimate of drug-likeness (QED) is 0.541. The first kappa shape index (κ1) is 20.0. The predicted octanol–water partition coefficient (Wildman–Crippen LogP) is 4.53. The normalized spacial score (nSPS) is 11.8. The van der Waals surface area contributed by atoms with Crippen LogP contribution < -0.4 is 10.1 Å². The molecule has 0 radical (unpaired) electrons. The topological polar surface area (TPSA) is 56.2 Å². The molecule has 0 bridgehead atoms. The molecule has 0 aliphatic carbocycles. The van der Waals surface area contributed by atoms with Crippen LogP contribution in [-0.4, -0.2) is 27.3 Å². The number of amides is 1. The van der Waals surface area contributed by atoms with Crippen LogP contribution in [0.4, 0.5) is 0 Å². The van der Waals surface area contributed by atoms with E-state index in [4.69, 9.17) is 4.74 Å². The van der Waals surface area contributed by atoms with Crippen LogP contribution in [0.25, 0.3) is 0 Å². The van der Waals surface area contributed by atoms with Crippen molar-refractivity contribution >= 4 is 17.7 Å². The smallest absolute Gasteiger partial charge is 0.233 e. The summed E-state index contributed by atoms with van der Waals surface area (Å²) >= 11 is 1.52. The molecule has 1 N–H and O–H groups in total. The van der Waals surface area contributed by atoms with Gasteiger partial charge in [-0.2, -0.15) is 0 Å². The van der Waals surface area contributed by atoms with Crippen molar-refractivity contribution in [3.05, 3.63) is 72.8 Å². The highest BCUT2D eigenvalue weighted by Crippen LogP contribution is 2.29. The molecule has 1 heterocycles. The lowest BCUT2D eigenvalue weighted by Crippen LogP contribution is -2.32. The van der Waals surface area contributed by atoms with Crippen LogP contribution in [0.2, 0.25) is 0 Å². The standard InChI is InChI=1S/C22H25N3O2S/c1-3-25-16-23-15-18(25)12-13-24-22(26)17(2)28-21-11-7-10-20(14-21)27-19-8-5-4-6-9-19/h4-11,14-17H,3,12-13H2,1-2H3,(H,24,26). The maximum Gasteiger partial charge on any atom is 0.233 e. The van der Waals surface area contributed by atoms with Crippen molar-refractivity contribution in [2.75, 3.05) is 6.54 Å². The van der Waals surface area contributed by atoms with Gasteiger partial charge in [-0.1, -0.05) is 24.3 Å². The molecule has 0 aliphatic rings. The van der Waals surface area contributed by atoms with Gasteiger partial charge >= 0.3 is 0 Å². The Kier molecular flexibility index (Phi) is 7.14. The number of carbonyl (C=O) groups is 1. The Morgan fingerprint density at radius 3 is 2.75 bits per heavy atom. The Labute approximate surface area is 170 Å². The molecule has 146 valence electrons. The van der Waals surface area contributed by atoms with Gasteiger partial charge in [0, 0.05) is 36.3 Å². The van der Waals surface area contributed by atoms with Gasteiger partial charge in [-0.3, -0.25) is 4.79 Å². The van der Waals surface area contributed by atoms with Crippen molar-refractivity contribution in [3.8, 4) is 11.5 Å².